The van der Waals surface area contributed by atoms with Gasteiger partial charge in [0.25, 0.3) is 5.91 Å². The molecule has 6 nitrogen and oxygen atoms in total. The number of likely N-dealkylation sites (N-methyl/N-ethyl adjacent to an activating group) is 1. The number of carbonyl (C=O) groups excluding carboxylic acids is 2. The van der Waals surface area contributed by atoms with Crippen LogP contribution in [0, 0.1) is 0 Å². The van der Waals surface area contributed by atoms with Crippen LogP contribution in [-0.2, 0) is 11.3 Å². The molecule has 0 saturated heterocycles. The molecular formula is C22H20N4O2. The van der Waals surface area contributed by atoms with Crippen molar-refractivity contribution in [3.05, 3.63) is 90.3 Å². The molecule has 0 N–H and O–H groups in total. The Hall–Kier alpha value is -3.67. The normalized spacial score (nSPS) is 13.0. The third kappa shape index (κ3) is 3.20. The van der Waals surface area contributed by atoms with Crippen molar-refractivity contribution >= 4 is 17.5 Å². The van der Waals surface area contributed by atoms with Crippen molar-refractivity contribution in [2.24, 2.45) is 0 Å². The summed E-state index contributed by atoms with van der Waals surface area (Å²) in [5, 5.41) is 4.35. The number of para-hydroxylation sites is 1. The topological polar surface area (TPSA) is 58.4 Å². The van der Waals surface area contributed by atoms with Gasteiger partial charge in [-0.25, -0.2) is 4.68 Å². The zero-order valence-electron chi connectivity index (χ0n) is 15.6. The second-order valence-electron chi connectivity index (χ2n) is 6.76. The van der Waals surface area contributed by atoms with E-state index in [1.54, 1.807) is 28.9 Å². The number of aromatic nitrogens is 2. The summed E-state index contributed by atoms with van der Waals surface area (Å²) in [6.45, 7) is 4.36. The second kappa shape index (κ2) is 7.15. The van der Waals surface area contributed by atoms with Gasteiger partial charge in [-0.05, 0) is 18.2 Å². The van der Waals surface area contributed by atoms with Gasteiger partial charge in [0, 0.05) is 42.2 Å². The van der Waals surface area contributed by atoms with Crippen molar-refractivity contribution in [2.45, 2.75) is 6.54 Å². The van der Waals surface area contributed by atoms with E-state index in [2.05, 4.69) is 11.7 Å². The van der Waals surface area contributed by atoms with E-state index in [1.807, 2.05) is 54.7 Å². The number of amides is 2. The average molecular weight is 372 g/mol. The summed E-state index contributed by atoms with van der Waals surface area (Å²) in [7, 11) is 1.72. The fraction of sp³-hybridized carbons (Fsp3) is 0.136. The average Bonchev–Trinajstić information content (AvgIpc) is 3.28. The maximum absolute atomic E-state index is 12.7. The summed E-state index contributed by atoms with van der Waals surface area (Å²) < 4.78 is 1.77. The van der Waals surface area contributed by atoms with Crippen molar-refractivity contribution in [3.8, 4) is 5.69 Å². The molecule has 0 atom stereocenters. The Balaban J connectivity index is 1.42. The number of benzene rings is 2. The Bertz CT molecular complexity index is 1020. The van der Waals surface area contributed by atoms with Gasteiger partial charge in [0.2, 0.25) is 5.91 Å². The summed E-state index contributed by atoms with van der Waals surface area (Å²) in [4.78, 5) is 28.3. The Kier molecular flexibility index (Phi) is 4.53. The number of hydrogen-bond donors (Lipinski definition) is 0. The van der Waals surface area contributed by atoms with Gasteiger partial charge in [-0.1, -0.05) is 43.0 Å². The molecular weight excluding hydrogens is 352 g/mol. The summed E-state index contributed by atoms with van der Waals surface area (Å²) in [6, 6.07) is 17.1. The first kappa shape index (κ1) is 17.7. The van der Waals surface area contributed by atoms with Crippen molar-refractivity contribution in [1.29, 1.82) is 0 Å². The lowest BCUT2D eigenvalue weighted by atomic mass is 10.1. The van der Waals surface area contributed by atoms with E-state index in [1.165, 1.54) is 4.90 Å². The molecule has 0 aliphatic carbocycles. The van der Waals surface area contributed by atoms with Gasteiger partial charge in [-0.3, -0.25) is 14.5 Å². The van der Waals surface area contributed by atoms with E-state index in [9.17, 15) is 9.59 Å². The number of hydrogen-bond acceptors (Lipinski definition) is 3. The third-order valence-corrected chi connectivity index (χ3v) is 4.84. The van der Waals surface area contributed by atoms with E-state index in [-0.39, 0.29) is 18.4 Å². The summed E-state index contributed by atoms with van der Waals surface area (Å²) in [5.41, 5.74) is 3.81. The van der Waals surface area contributed by atoms with Crippen LogP contribution in [0.25, 0.3) is 11.4 Å². The monoisotopic (exact) mass is 372 g/mol. The zero-order chi connectivity index (χ0) is 19.7. The van der Waals surface area contributed by atoms with Gasteiger partial charge in [-0.15, -0.1) is 0 Å². The van der Waals surface area contributed by atoms with Crippen LogP contribution in [0.15, 0.2) is 73.6 Å². The lowest BCUT2D eigenvalue weighted by molar-refractivity contribution is -0.130. The van der Waals surface area contributed by atoms with Gasteiger partial charge >= 0.3 is 0 Å². The molecule has 0 radical (unpaired) electrons. The molecule has 4 rings (SSSR count). The minimum absolute atomic E-state index is 0.0321. The minimum atomic E-state index is -0.181. The van der Waals surface area contributed by atoms with Crippen LogP contribution in [0.4, 0.5) is 0 Å². The van der Waals surface area contributed by atoms with Crippen molar-refractivity contribution in [1.82, 2.24) is 19.6 Å². The fourth-order valence-corrected chi connectivity index (χ4v) is 3.28. The molecule has 0 spiro atoms. The van der Waals surface area contributed by atoms with E-state index >= 15 is 0 Å². The Morgan fingerprint density at radius 1 is 1.07 bits per heavy atom. The van der Waals surface area contributed by atoms with Crippen LogP contribution in [0.3, 0.4) is 0 Å². The van der Waals surface area contributed by atoms with Gasteiger partial charge in [0.15, 0.2) is 0 Å². The van der Waals surface area contributed by atoms with Crippen LogP contribution in [0.5, 0.6) is 0 Å². The molecule has 1 aliphatic rings. The number of rotatable bonds is 5. The zero-order valence-corrected chi connectivity index (χ0v) is 15.6. The first-order valence-electron chi connectivity index (χ1n) is 8.97. The van der Waals surface area contributed by atoms with Crippen molar-refractivity contribution < 1.29 is 9.59 Å². The van der Waals surface area contributed by atoms with E-state index < -0.39 is 0 Å². The fourth-order valence-electron chi connectivity index (χ4n) is 3.28. The summed E-state index contributed by atoms with van der Waals surface area (Å²) in [5.74, 6) is -0.339. The molecule has 140 valence electrons. The molecule has 6 heteroatoms. The molecule has 3 aromatic rings. The first-order valence-corrected chi connectivity index (χ1v) is 8.97. The summed E-state index contributed by atoms with van der Waals surface area (Å²) >= 11 is 0. The SMILES string of the molecule is C=C1c2ccccc2C(=O)N1CC(=O)N(C)Cc1cnn(-c2ccccc2)c1. The second-order valence-corrected chi connectivity index (χ2v) is 6.76. The molecule has 0 saturated carbocycles. The van der Waals surface area contributed by atoms with E-state index in [0.717, 1.165) is 16.8 Å². The molecule has 2 heterocycles. The van der Waals surface area contributed by atoms with Crippen LogP contribution in [0.1, 0.15) is 21.5 Å². The molecule has 0 fully saturated rings. The molecule has 0 bridgehead atoms. The quantitative estimate of drug-likeness (QED) is 0.692. The smallest absolute Gasteiger partial charge is 0.259 e. The number of carbonyl (C=O) groups is 2. The predicted octanol–water partition coefficient (Wildman–Crippen LogP) is 2.96. The third-order valence-electron chi connectivity index (χ3n) is 4.84. The minimum Gasteiger partial charge on any atom is -0.340 e. The van der Waals surface area contributed by atoms with Crippen molar-refractivity contribution in [3.63, 3.8) is 0 Å². The Morgan fingerprint density at radius 3 is 2.46 bits per heavy atom. The van der Waals surface area contributed by atoms with Crippen LogP contribution >= 0.6 is 0 Å². The number of nitrogens with zero attached hydrogens (tertiary/aromatic N) is 4. The molecule has 0 unspecified atom stereocenters. The lowest BCUT2D eigenvalue weighted by Gasteiger charge is -2.22. The molecule has 28 heavy (non-hydrogen) atoms. The molecule has 2 amide bonds. The number of fused-ring (bicyclic) bond motifs is 1. The highest BCUT2D eigenvalue weighted by atomic mass is 16.2. The lowest BCUT2D eigenvalue weighted by Crippen LogP contribution is -2.37. The highest BCUT2D eigenvalue weighted by molar-refractivity contribution is 6.10. The maximum Gasteiger partial charge on any atom is 0.259 e. The van der Waals surface area contributed by atoms with Crippen LogP contribution in [-0.4, -0.2) is 45.0 Å². The predicted molar refractivity (Wildman–Crippen MR) is 107 cm³/mol. The molecule has 1 aromatic heterocycles. The van der Waals surface area contributed by atoms with Crippen LogP contribution < -0.4 is 0 Å². The van der Waals surface area contributed by atoms with Gasteiger partial charge in [-0.2, -0.15) is 5.10 Å². The van der Waals surface area contributed by atoms with Gasteiger partial charge in [0.1, 0.15) is 6.54 Å². The maximum atomic E-state index is 12.7. The Morgan fingerprint density at radius 2 is 1.75 bits per heavy atom. The van der Waals surface area contributed by atoms with Gasteiger partial charge < -0.3 is 4.90 Å². The van der Waals surface area contributed by atoms with E-state index in [4.69, 9.17) is 0 Å². The van der Waals surface area contributed by atoms with Crippen LogP contribution in [0.2, 0.25) is 0 Å². The first-order chi connectivity index (χ1) is 13.5. The van der Waals surface area contributed by atoms with E-state index in [0.29, 0.717) is 17.8 Å². The largest absolute Gasteiger partial charge is 0.340 e. The highest BCUT2D eigenvalue weighted by Crippen LogP contribution is 2.30. The molecule has 1 aliphatic heterocycles. The van der Waals surface area contributed by atoms with Gasteiger partial charge in [0.05, 0.1) is 11.9 Å². The highest BCUT2D eigenvalue weighted by Gasteiger charge is 2.32. The van der Waals surface area contributed by atoms with Crippen molar-refractivity contribution in [2.75, 3.05) is 13.6 Å². The Labute approximate surface area is 163 Å². The standard InChI is InChI=1S/C22H20N4O2/c1-16-19-10-6-7-11-20(19)22(28)25(16)15-21(27)24(2)13-17-12-23-26(14-17)18-8-4-3-5-9-18/h3-12,14H,1,13,15H2,2H3. The summed E-state index contributed by atoms with van der Waals surface area (Å²) in [6.07, 6.45) is 3.64. The molecule has 2 aromatic carbocycles.